The first-order chi connectivity index (χ1) is 11.7. The lowest BCUT2D eigenvalue weighted by molar-refractivity contribution is -0.115. The number of benzene rings is 1. The third kappa shape index (κ3) is 7.55. The predicted octanol–water partition coefficient (Wildman–Crippen LogP) is 5.47. The van der Waals surface area contributed by atoms with Crippen LogP contribution in [0.25, 0.3) is 5.57 Å². The molecule has 0 aliphatic heterocycles. The molecule has 1 rings (SSSR count). The molecule has 25 heavy (non-hydrogen) atoms. The Morgan fingerprint density at radius 2 is 1.80 bits per heavy atom. The molecule has 0 saturated carbocycles. The number of alkyl halides is 3. The Balaban J connectivity index is 3.14. The third-order valence-electron chi connectivity index (χ3n) is 3.51. The Morgan fingerprint density at radius 3 is 2.28 bits per heavy atom. The van der Waals surface area contributed by atoms with E-state index in [0.717, 1.165) is 11.1 Å². The molecule has 0 heterocycles. The van der Waals surface area contributed by atoms with Crippen LogP contribution in [0.1, 0.15) is 26.3 Å². The predicted molar refractivity (Wildman–Crippen MR) is 105 cm³/mol. The zero-order chi connectivity index (χ0) is 19.0. The van der Waals surface area contributed by atoms with Crippen LogP contribution in [0, 0.1) is 11.3 Å². The van der Waals surface area contributed by atoms with E-state index in [1.165, 1.54) is 0 Å². The Labute approximate surface area is 164 Å². The van der Waals surface area contributed by atoms with Gasteiger partial charge < -0.3 is 14.2 Å². The Morgan fingerprint density at radius 1 is 1.20 bits per heavy atom. The van der Waals surface area contributed by atoms with Gasteiger partial charge in [0.2, 0.25) is 5.90 Å². The highest BCUT2D eigenvalue weighted by Gasteiger charge is 2.34. The minimum absolute atomic E-state index is 0.0862. The second-order valence-corrected chi connectivity index (χ2v) is 8.19. The molecule has 0 aliphatic rings. The van der Waals surface area contributed by atoms with E-state index in [2.05, 4.69) is 0 Å². The first-order valence-corrected chi connectivity index (χ1v) is 8.97. The summed E-state index contributed by atoms with van der Waals surface area (Å²) in [6, 6.07) is 9.83. The lowest BCUT2D eigenvalue weighted by Crippen LogP contribution is -2.39. The summed E-state index contributed by atoms with van der Waals surface area (Å²) < 4.78 is 14.5. The number of allylic oxidation sites excluding steroid dienone is 1. The maximum Gasteiger partial charge on any atom is 0.265 e. The number of ether oxygens (including phenoxy) is 3. The fraction of sp³-hybridized carbons (Fsp3) is 0.500. The van der Waals surface area contributed by atoms with Crippen LogP contribution in [-0.2, 0) is 14.2 Å². The van der Waals surface area contributed by atoms with E-state index in [4.69, 9.17) is 54.4 Å². The SMILES string of the molecule is COCO[C@@H](C(C)C)[C@H](/C=C(\C)c1ccccc1)OC(=N)C(Cl)(Cl)Cl. The molecule has 0 spiro atoms. The molecule has 0 saturated heterocycles. The fourth-order valence-electron chi connectivity index (χ4n) is 2.26. The van der Waals surface area contributed by atoms with Crippen molar-refractivity contribution in [2.24, 2.45) is 5.92 Å². The highest BCUT2D eigenvalue weighted by Crippen LogP contribution is 2.30. The van der Waals surface area contributed by atoms with E-state index in [-0.39, 0.29) is 18.8 Å². The summed E-state index contributed by atoms with van der Waals surface area (Å²) in [5.41, 5.74) is 2.00. The molecular weight excluding hydrogens is 385 g/mol. The lowest BCUT2D eigenvalue weighted by atomic mass is 9.97. The molecule has 2 atom stereocenters. The summed E-state index contributed by atoms with van der Waals surface area (Å²) in [7, 11) is 1.54. The zero-order valence-corrected chi connectivity index (χ0v) is 17.0. The van der Waals surface area contributed by atoms with Crippen LogP contribution in [0.15, 0.2) is 36.4 Å². The molecule has 1 aromatic carbocycles. The van der Waals surface area contributed by atoms with Crippen molar-refractivity contribution >= 4 is 46.3 Å². The average molecular weight is 409 g/mol. The first-order valence-electron chi connectivity index (χ1n) is 7.83. The van der Waals surface area contributed by atoms with E-state index in [1.807, 2.05) is 57.2 Å². The van der Waals surface area contributed by atoms with E-state index >= 15 is 0 Å². The largest absolute Gasteiger partial charge is 0.468 e. The standard InChI is InChI=1S/C18H24Cl3NO3/c1-12(2)16(24-11-23-4)15(25-17(22)18(19,20)21)10-13(3)14-8-6-5-7-9-14/h5-10,12,15-16,22H,11H2,1-4H3/b13-10+,22-17?/t15-,16-/m0/s1. The van der Waals surface area contributed by atoms with Gasteiger partial charge >= 0.3 is 0 Å². The van der Waals surface area contributed by atoms with Gasteiger partial charge in [-0.15, -0.1) is 0 Å². The normalized spacial score (nSPS) is 15.1. The van der Waals surface area contributed by atoms with Crippen LogP contribution < -0.4 is 0 Å². The van der Waals surface area contributed by atoms with Crippen molar-refractivity contribution < 1.29 is 14.2 Å². The molecular formula is C18H24Cl3NO3. The van der Waals surface area contributed by atoms with E-state index in [1.54, 1.807) is 7.11 Å². The van der Waals surface area contributed by atoms with Gasteiger partial charge in [-0.3, -0.25) is 5.41 Å². The molecule has 0 amide bonds. The van der Waals surface area contributed by atoms with E-state index < -0.39 is 15.8 Å². The monoisotopic (exact) mass is 407 g/mol. The molecule has 0 fully saturated rings. The van der Waals surface area contributed by atoms with Crippen LogP contribution in [0.3, 0.4) is 0 Å². The van der Waals surface area contributed by atoms with Gasteiger partial charge in [0.25, 0.3) is 3.79 Å². The van der Waals surface area contributed by atoms with Crippen molar-refractivity contribution in [2.45, 2.75) is 36.8 Å². The summed E-state index contributed by atoms with van der Waals surface area (Å²) in [5, 5.41) is 7.90. The van der Waals surface area contributed by atoms with Crippen molar-refractivity contribution in [1.29, 1.82) is 5.41 Å². The molecule has 7 heteroatoms. The van der Waals surface area contributed by atoms with Crippen molar-refractivity contribution in [3.63, 3.8) is 0 Å². The fourth-order valence-corrected chi connectivity index (χ4v) is 2.39. The molecule has 1 aromatic rings. The maximum atomic E-state index is 7.90. The van der Waals surface area contributed by atoms with Crippen LogP contribution in [0.5, 0.6) is 0 Å². The van der Waals surface area contributed by atoms with Crippen molar-refractivity contribution in [3.05, 3.63) is 42.0 Å². The minimum Gasteiger partial charge on any atom is -0.468 e. The lowest BCUT2D eigenvalue weighted by Gasteiger charge is -2.30. The van der Waals surface area contributed by atoms with Crippen LogP contribution >= 0.6 is 34.8 Å². The summed E-state index contributed by atoms with van der Waals surface area (Å²) in [6.45, 7) is 6.03. The third-order valence-corrected chi connectivity index (χ3v) is 4.03. The minimum atomic E-state index is -1.93. The van der Waals surface area contributed by atoms with Crippen molar-refractivity contribution in [2.75, 3.05) is 13.9 Å². The highest BCUT2D eigenvalue weighted by molar-refractivity contribution is 6.76. The van der Waals surface area contributed by atoms with Crippen LogP contribution in [-0.4, -0.2) is 35.8 Å². The van der Waals surface area contributed by atoms with Crippen LogP contribution in [0.4, 0.5) is 0 Å². The number of halogens is 3. The average Bonchev–Trinajstić information content (AvgIpc) is 2.54. The number of hydrogen-bond donors (Lipinski definition) is 1. The van der Waals surface area contributed by atoms with Gasteiger partial charge in [-0.2, -0.15) is 0 Å². The van der Waals surface area contributed by atoms with Gasteiger partial charge in [0.15, 0.2) is 0 Å². The zero-order valence-electron chi connectivity index (χ0n) is 14.8. The quantitative estimate of drug-likeness (QED) is 0.269. The van der Waals surface area contributed by atoms with Gasteiger partial charge in [-0.25, -0.2) is 0 Å². The number of methoxy groups -OCH3 is 1. The Kier molecular flexibility index (Phi) is 9.25. The maximum absolute atomic E-state index is 7.90. The second kappa shape index (κ2) is 10.4. The number of rotatable bonds is 8. The molecule has 140 valence electrons. The molecule has 4 nitrogen and oxygen atoms in total. The van der Waals surface area contributed by atoms with Gasteiger partial charge in [0.1, 0.15) is 19.0 Å². The Bertz CT molecular complexity index is 571. The summed E-state index contributed by atoms with van der Waals surface area (Å²) in [4.78, 5) is 0. The molecule has 0 unspecified atom stereocenters. The summed E-state index contributed by atoms with van der Waals surface area (Å²) in [5.74, 6) is -0.366. The van der Waals surface area contributed by atoms with Gasteiger partial charge in [-0.05, 0) is 30.1 Å². The first kappa shape index (κ1) is 22.3. The molecule has 0 bridgehead atoms. The van der Waals surface area contributed by atoms with E-state index in [0.29, 0.717) is 0 Å². The van der Waals surface area contributed by atoms with Gasteiger partial charge in [0, 0.05) is 7.11 Å². The second-order valence-electron chi connectivity index (χ2n) is 5.91. The topological polar surface area (TPSA) is 51.5 Å². The molecule has 0 aliphatic carbocycles. The highest BCUT2D eigenvalue weighted by atomic mass is 35.6. The molecule has 1 N–H and O–H groups in total. The van der Waals surface area contributed by atoms with E-state index in [9.17, 15) is 0 Å². The number of nitrogens with one attached hydrogen (secondary N) is 1. The van der Waals surface area contributed by atoms with Crippen molar-refractivity contribution in [1.82, 2.24) is 0 Å². The summed E-state index contributed by atoms with van der Waals surface area (Å²) >= 11 is 17.3. The van der Waals surface area contributed by atoms with Gasteiger partial charge in [0.05, 0.1) is 0 Å². The smallest absolute Gasteiger partial charge is 0.265 e. The molecule has 0 radical (unpaired) electrons. The Hall–Kier alpha value is -0.780. The summed E-state index contributed by atoms with van der Waals surface area (Å²) in [6.07, 6.45) is 0.880. The molecule has 0 aromatic heterocycles. The van der Waals surface area contributed by atoms with Crippen molar-refractivity contribution in [3.8, 4) is 0 Å². The van der Waals surface area contributed by atoms with Crippen LogP contribution in [0.2, 0.25) is 0 Å². The number of hydrogen-bond acceptors (Lipinski definition) is 4. The van der Waals surface area contributed by atoms with Gasteiger partial charge in [-0.1, -0.05) is 79.0 Å².